The number of ether oxygens (including phenoxy) is 1. The van der Waals surface area contributed by atoms with Gasteiger partial charge >= 0.3 is 0 Å². The molecule has 154 valence electrons. The van der Waals surface area contributed by atoms with Gasteiger partial charge in [0.05, 0.1) is 17.6 Å². The summed E-state index contributed by atoms with van der Waals surface area (Å²) in [7, 11) is 0. The van der Waals surface area contributed by atoms with E-state index in [0.29, 0.717) is 35.3 Å². The van der Waals surface area contributed by atoms with Crippen molar-refractivity contribution in [1.29, 1.82) is 0 Å². The molecule has 1 aliphatic carbocycles. The molecule has 1 fully saturated rings. The van der Waals surface area contributed by atoms with Crippen LogP contribution in [0.4, 0.5) is 0 Å². The lowest BCUT2D eigenvalue weighted by Gasteiger charge is -2.29. The van der Waals surface area contributed by atoms with Gasteiger partial charge in [-0.05, 0) is 54.3 Å². The Balaban J connectivity index is 1.69. The summed E-state index contributed by atoms with van der Waals surface area (Å²) in [4.78, 5) is 13.0. The molecule has 1 aromatic carbocycles. The summed E-state index contributed by atoms with van der Waals surface area (Å²) in [6.07, 6.45) is 2.89. The van der Waals surface area contributed by atoms with Gasteiger partial charge in [-0.3, -0.25) is 9.36 Å². The zero-order valence-corrected chi connectivity index (χ0v) is 17.4. The molecule has 2 aliphatic rings. The third-order valence-electron chi connectivity index (χ3n) is 5.25. The van der Waals surface area contributed by atoms with Crippen molar-refractivity contribution in [2.45, 2.75) is 57.3 Å². The molecule has 7 nitrogen and oxygen atoms in total. The van der Waals surface area contributed by atoms with Crippen LogP contribution in [0.3, 0.4) is 0 Å². The van der Waals surface area contributed by atoms with Crippen molar-refractivity contribution < 1.29 is 19.7 Å². The predicted octanol–water partition coefficient (Wildman–Crippen LogP) is 4.08. The lowest BCUT2D eigenvalue weighted by molar-refractivity contribution is -0.117. The molecule has 0 spiro atoms. The molecule has 0 radical (unpaired) electrons. The number of phenols is 1. The first-order chi connectivity index (χ1) is 13.8. The van der Waals surface area contributed by atoms with Gasteiger partial charge in [0.25, 0.3) is 0 Å². The van der Waals surface area contributed by atoms with E-state index in [-0.39, 0.29) is 28.8 Å². The second kappa shape index (κ2) is 7.84. The van der Waals surface area contributed by atoms with Crippen LogP contribution < -0.4 is 0 Å². The van der Waals surface area contributed by atoms with Crippen LogP contribution in [-0.4, -0.2) is 43.5 Å². The van der Waals surface area contributed by atoms with Gasteiger partial charge in [-0.25, -0.2) is 0 Å². The van der Waals surface area contributed by atoms with Crippen LogP contribution in [0.5, 0.6) is 5.75 Å². The van der Waals surface area contributed by atoms with Gasteiger partial charge in [-0.15, -0.1) is 10.2 Å². The number of nitrogens with zero attached hydrogens (tertiary/aromatic N) is 3. The van der Waals surface area contributed by atoms with Crippen molar-refractivity contribution in [2.75, 3.05) is 6.61 Å². The maximum atomic E-state index is 12.6. The number of aliphatic hydroxyl groups excluding tert-OH is 1. The van der Waals surface area contributed by atoms with Crippen LogP contribution in [0.15, 0.2) is 40.1 Å². The summed E-state index contributed by atoms with van der Waals surface area (Å²) in [5.74, 6) is 0.876. The molecule has 29 heavy (non-hydrogen) atoms. The molecule has 0 unspecified atom stereocenters. The number of ketones is 1. The highest BCUT2D eigenvalue weighted by Gasteiger charge is 2.34. The van der Waals surface area contributed by atoms with E-state index in [1.54, 1.807) is 24.3 Å². The summed E-state index contributed by atoms with van der Waals surface area (Å²) >= 11 is 1.17. The van der Waals surface area contributed by atoms with E-state index in [1.807, 2.05) is 18.4 Å². The smallest absolute Gasteiger partial charge is 0.196 e. The number of hydrogen-bond acceptors (Lipinski definition) is 7. The highest BCUT2D eigenvalue weighted by molar-refractivity contribution is 8.03. The Bertz CT molecular complexity index is 943. The molecule has 4 rings (SSSR count). The maximum absolute atomic E-state index is 12.6. The summed E-state index contributed by atoms with van der Waals surface area (Å²) < 4.78 is 7.74. The number of thioether (sulfide) groups is 1. The van der Waals surface area contributed by atoms with E-state index in [9.17, 15) is 15.0 Å². The second-order valence-electron chi connectivity index (χ2n) is 8.42. The van der Waals surface area contributed by atoms with Crippen molar-refractivity contribution in [3.05, 3.63) is 34.9 Å². The Morgan fingerprint density at radius 1 is 1.21 bits per heavy atom. The molecule has 0 amide bonds. The van der Waals surface area contributed by atoms with Gasteiger partial charge < -0.3 is 14.9 Å². The van der Waals surface area contributed by atoms with Gasteiger partial charge in [0, 0.05) is 25.0 Å². The van der Waals surface area contributed by atoms with E-state index in [0.717, 1.165) is 25.0 Å². The number of aromatic nitrogens is 3. The SMILES string of the molecule is CC1(C)CC(=O)C(Sc2nnc(-c3ccc(O)cc3)n2C[C@@H]2CCCO2)=C(O)C1. The molecule has 0 saturated carbocycles. The summed E-state index contributed by atoms with van der Waals surface area (Å²) in [6.45, 7) is 5.26. The Hall–Kier alpha value is -2.32. The number of rotatable bonds is 5. The molecular formula is C21H25N3O4S. The largest absolute Gasteiger partial charge is 0.511 e. The van der Waals surface area contributed by atoms with Crippen molar-refractivity contribution >= 4 is 17.5 Å². The van der Waals surface area contributed by atoms with E-state index in [2.05, 4.69) is 10.2 Å². The van der Waals surface area contributed by atoms with Gasteiger partial charge in [-0.1, -0.05) is 13.8 Å². The molecule has 1 saturated heterocycles. The molecule has 1 aromatic heterocycles. The number of aliphatic hydroxyl groups is 1. The van der Waals surface area contributed by atoms with Crippen LogP contribution in [0.25, 0.3) is 11.4 Å². The third-order valence-corrected chi connectivity index (χ3v) is 6.40. The number of carbonyl (C=O) groups excluding carboxylic acids is 1. The van der Waals surface area contributed by atoms with Crippen molar-refractivity contribution in [3.63, 3.8) is 0 Å². The lowest BCUT2D eigenvalue weighted by atomic mass is 9.79. The average molecular weight is 416 g/mol. The van der Waals surface area contributed by atoms with Crippen LogP contribution >= 0.6 is 11.8 Å². The summed E-state index contributed by atoms with van der Waals surface area (Å²) in [6, 6.07) is 6.78. The number of phenolic OH excluding ortho intramolecular Hbond substituents is 1. The Labute approximate surface area is 173 Å². The molecule has 8 heteroatoms. The minimum absolute atomic E-state index is 0.0600. The van der Waals surface area contributed by atoms with Crippen LogP contribution in [0, 0.1) is 5.41 Å². The fraction of sp³-hybridized carbons (Fsp3) is 0.476. The molecule has 1 atom stereocenters. The lowest BCUT2D eigenvalue weighted by Crippen LogP contribution is -2.25. The third kappa shape index (κ3) is 4.33. The first-order valence-electron chi connectivity index (χ1n) is 9.80. The van der Waals surface area contributed by atoms with E-state index in [4.69, 9.17) is 4.74 Å². The van der Waals surface area contributed by atoms with E-state index < -0.39 is 0 Å². The van der Waals surface area contributed by atoms with Crippen LogP contribution in [-0.2, 0) is 16.1 Å². The van der Waals surface area contributed by atoms with E-state index in [1.165, 1.54) is 11.8 Å². The first-order valence-corrected chi connectivity index (χ1v) is 10.6. The summed E-state index contributed by atoms with van der Waals surface area (Å²) in [5, 5.41) is 29.3. The minimum atomic E-state index is -0.242. The molecular weight excluding hydrogens is 390 g/mol. The molecule has 2 aromatic rings. The minimum Gasteiger partial charge on any atom is -0.511 e. The normalized spacial score (nSPS) is 21.7. The van der Waals surface area contributed by atoms with Gasteiger partial charge in [-0.2, -0.15) is 0 Å². The van der Waals surface area contributed by atoms with Gasteiger partial charge in [0.2, 0.25) is 0 Å². The quantitative estimate of drug-likeness (QED) is 0.759. The van der Waals surface area contributed by atoms with Crippen LogP contribution in [0.1, 0.15) is 39.5 Å². The number of allylic oxidation sites excluding steroid dienone is 2. The number of hydrogen-bond donors (Lipinski definition) is 2. The number of benzene rings is 1. The number of carbonyl (C=O) groups is 1. The second-order valence-corrected chi connectivity index (χ2v) is 9.40. The first kappa shape index (κ1) is 20.0. The standard InChI is InChI=1S/C21H25N3O4S/c1-21(2)10-16(26)18(17(27)11-21)29-20-23-22-19(13-5-7-14(25)8-6-13)24(20)12-15-4-3-9-28-15/h5-8,15,25-26H,3-4,9-12H2,1-2H3/t15-/m0/s1. The fourth-order valence-electron chi connectivity index (χ4n) is 3.82. The molecule has 2 N–H and O–H groups in total. The zero-order valence-electron chi connectivity index (χ0n) is 16.6. The Morgan fingerprint density at radius 2 is 1.97 bits per heavy atom. The Morgan fingerprint density at radius 3 is 2.62 bits per heavy atom. The molecule has 2 heterocycles. The topological polar surface area (TPSA) is 97.5 Å². The Kier molecular flexibility index (Phi) is 5.40. The molecule has 0 bridgehead atoms. The van der Waals surface area contributed by atoms with Crippen molar-refractivity contribution in [3.8, 4) is 17.1 Å². The van der Waals surface area contributed by atoms with Crippen LogP contribution in [0.2, 0.25) is 0 Å². The number of Topliss-reactive ketones (excluding diaryl/α,β-unsaturated/α-hetero) is 1. The molecule has 1 aliphatic heterocycles. The van der Waals surface area contributed by atoms with Crippen molar-refractivity contribution in [2.24, 2.45) is 5.41 Å². The monoisotopic (exact) mass is 415 g/mol. The zero-order chi connectivity index (χ0) is 20.6. The average Bonchev–Trinajstić information content (AvgIpc) is 3.29. The van der Waals surface area contributed by atoms with Gasteiger partial charge in [0.1, 0.15) is 11.5 Å². The highest BCUT2D eigenvalue weighted by Crippen LogP contribution is 2.42. The van der Waals surface area contributed by atoms with Gasteiger partial charge in [0.15, 0.2) is 16.8 Å². The highest BCUT2D eigenvalue weighted by atomic mass is 32.2. The summed E-state index contributed by atoms with van der Waals surface area (Å²) in [5.41, 5.74) is 0.572. The van der Waals surface area contributed by atoms with E-state index >= 15 is 0 Å². The van der Waals surface area contributed by atoms with Crippen molar-refractivity contribution in [1.82, 2.24) is 14.8 Å². The predicted molar refractivity (Wildman–Crippen MR) is 110 cm³/mol. The fourth-order valence-corrected chi connectivity index (χ4v) is 4.74. The number of aromatic hydroxyl groups is 1. The maximum Gasteiger partial charge on any atom is 0.196 e.